The first kappa shape index (κ1) is 22.4. The summed E-state index contributed by atoms with van der Waals surface area (Å²) >= 11 is 0. The Balaban J connectivity index is 0.00000338. The van der Waals surface area contributed by atoms with Crippen molar-refractivity contribution < 1.29 is 13.2 Å². The van der Waals surface area contributed by atoms with E-state index in [0.717, 1.165) is 23.4 Å². The third kappa shape index (κ3) is 8.19. The molecule has 0 heterocycles. The van der Waals surface area contributed by atoms with Crippen molar-refractivity contribution in [3.8, 4) is 5.75 Å². The van der Waals surface area contributed by atoms with Gasteiger partial charge in [0.2, 0.25) is 10.0 Å². The van der Waals surface area contributed by atoms with E-state index in [2.05, 4.69) is 17.0 Å². The quantitative estimate of drug-likeness (QED) is 0.680. The van der Waals surface area contributed by atoms with E-state index in [1.807, 2.05) is 61.5 Å². The largest absolute Gasteiger partial charge is 0.492 e. The maximum atomic E-state index is 11.3. The van der Waals surface area contributed by atoms with Crippen molar-refractivity contribution in [1.82, 2.24) is 10.0 Å². The van der Waals surface area contributed by atoms with Crippen LogP contribution in [-0.4, -0.2) is 27.3 Å². The molecule has 0 saturated carbocycles. The fraction of sp³-hybridized carbons (Fsp3) is 0.368. The Morgan fingerprint density at radius 3 is 2.19 bits per heavy atom. The maximum Gasteiger partial charge on any atom is 0.209 e. The molecule has 0 aliphatic heterocycles. The number of ether oxygens (including phenoxy) is 1. The summed E-state index contributed by atoms with van der Waals surface area (Å²) in [6.45, 7) is 5.23. The summed E-state index contributed by atoms with van der Waals surface area (Å²) < 4.78 is 30.9. The van der Waals surface area contributed by atoms with Gasteiger partial charge in [-0.25, -0.2) is 13.1 Å². The van der Waals surface area contributed by atoms with Crippen molar-refractivity contribution >= 4 is 22.4 Å². The van der Waals surface area contributed by atoms with E-state index in [4.69, 9.17) is 4.74 Å². The average Bonchev–Trinajstić information content (AvgIpc) is 2.58. The Morgan fingerprint density at radius 2 is 1.62 bits per heavy atom. The van der Waals surface area contributed by atoms with Crippen LogP contribution in [0.3, 0.4) is 0 Å². The molecule has 0 aromatic heterocycles. The fourth-order valence-electron chi connectivity index (χ4n) is 2.40. The van der Waals surface area contributed by atoms with E-state index in [1.54, 1.807) is 0 Å². The minimum atomic E-state index is -3.21. The zero-order chi connectivity index (χ0) is 18.3. The lowest BCUT2D eigenvalue weighted by atomic mass is 10.1. The molecule has 0 bridgehead atoms. The molecule has 0 aliphatic rings. The summed E-state index contributed by atoms with van der Waals surface area (Å²) in [7, 11) is -3.21. The fourth-order valence-corrected chi connectivity index (χ4v) is 3.18. The van der Waals surface area contributed by atoms with E-state index >= 15 is 0 Å². The third-order valence-corrected chi connectivity index (χ3v) is 4.55. The lowest BCUT2D eigenvalue weighted by Crippen LogP contribution is -2.31. The van der Waals surface area contributed by atoms with Gasteiger partial charge in [0.05, 0.1) is 6.26 Å². The van der Waals surface area contributed by atoms with Gasteiger partial charge in [-0.15, -0.1) is 12.4 Å². The van der Waals surface area contributed by atoms with Crippen molar-refractivity contribution in [2.45, 2.75) is 32.5 Å². The molecule has 5 nitrogen and oxygen atoms in total. The molecule has 0 spiro atoms. The van der Waals surface area contributed by atoms with Crippen LogP contribution < -0.4 is 14.8 Å². The van der Waals surface area contributed by atoms with Crippen molar-refractivity contribution in [2.75, 3.05) is 12.9 Å². The number of nitrogens with one attached hydrogen (secondary N) is 2. The van der Waals surface area contributed by atoms with Crippen LogP contribution in [0, 0.1) is 0 Å². The average molecular weight is 399 g/mol. The zero-order valence-electron chi connectivity index (χ0n) is 15.3. The third-order valence-electron chi connectivity index (χ3n) is 3.77. The molecule has 0 amide bonds. The number of sulfonamides is 1. The van der Waals surface area contributed by atoms with Crippen LogP contribution in [-0.2, 0) is 16.6 Å². The minimum absolute atomic E-state index is 0. The molecule has 0 aliphatic carbocycles. The van der Waals surface area contributed by atoms with Gasteiger partial charge < -0.3 is 10.1 Å². The van der Waals surface area contributed by atoms with Crippen LogP contribution in [0.2, 0.25) is 0 Å². The maximum absolute atomic E-state index is 11.3. The number of para-hydroxylation sites is 1. The second kappa shape index (κ2) is 10.5. The van der Waals surface area contributed by atoms with Gasteiger partial charge >= 0.3 is 0 Å². The van der Waals surface area contributed by atoms with Crippen LogP contribution in [0.25, 0.3) is 0 Å². The Morgan fingerprint density at radius 1 is 1.00 bits per heavy atom. The number of hydrogen-bond acceptors (Lipinski definition) is 4. The number of hydrogen-bond donors (Lipinski definition) is 2. The molecule has 0 saturated heterocycles. The van der Waals surface area contributed by atoms with Crippen LogP contribution in [0.15, 0.2) is 54.6 Å². The van der Waals surface area contributed by atoms with Crippen molar-refractivity contribution in [1.29, 1.82) is 0 Å². The molecule has 2 atom stereocenters. The lowest BCUT2D eigenvalue weighted by molar-refractivity contribution is 0.272. The van der Waals surface area contributed by atoms with Gasteiger partial charge in [0.1, 0.15) is 12.4 Å². The highest BCUT2D eigenvalue weighted by Crippen LogP contribution is 2.14. The highest BCUT2D eigenvalue weighted by molar-refractivity contribution is 7.88. The van der Waals surface area contributed by atoms with Gasteiger partial charge in [-0.3, -0.25) is 0 Å². The summed E-state index contributed by atoms with van der Waals surface area (Å²) in [6.07, 6.45) is 1.17. The smallest absolute Gasteiger partial charge is 0.209 e. The SMILES string of the molecule is CC(COc1ccccc1)NCc1ccc([C@@H](C)NS(C)(=O)=O)cc1.Cl. The first-order chi connectivity index (χ1) is 11.8. The lowest BCUT2D eigenvalue weighted by Gasteiger charge is -2.16. The molecule has 2 aromatic rings. The first-order valence-electron chi connectivity index (χ1n) is 8.31. The molecule has 26 heavy (non-hydrogen) atoms. The summed E-state index contributed by atoms with van der Waals surface area (Å²) in [4.78, 5) is 0. The number of halogens is 1. The van der Waals surface area contributed by atoms with Gasteiger partial charge in [-0.05, 0) is 37.1 Å². The van der Waals surface area contributed by atoms with Gasteiger partial charge in [0, 0.05) is 18.6 Å². The summed E-state index contributed by atoms with van der Waals surface area (Å²) in [5.41, 5.74) is 2.08. The van der Waals surface area contributed by atoms with E-state index in [1.165, 1.54) is 6.26 Å². The Labute approximate surface area is 162 Å². The molecule has 1 unspecified atom stereocenters. The highest BCUT2D eigenvalue weighted by atomic mass is 35.5. The van der Waals surface area contributed by atoms with Crippen LogP contribution >= 0.6 is 12.4 Å². The van der Waals surface area contributed by atoms with Gasteiger partial charge in [0.25, 0.3) is 0 Å². The van der Waals surface area contributed by atoms with Crippen molar-refractivity contribution in [3.63, 3.8) is 0 Å². The second-order valence-corrected chi connectivity index (χ2v) is 8.04. The van der Waals surface area contributed by atoms with Crippen molar-refractivity contribution in [3.05, 3.63) is 65.7 Å². The predicted molar refractivity (Wildman–Crippen MR) is 108 cm³/mol. The highest BCUT2D eigenvalue weighted by Gasteiger charge is 2.10. The standard InChI is InChI=1S/C19H26N2O3S.ClH/c1-15(14-24-19-7-5-4-6-8-19)20-13-17-9-11-18(12-10-17)16(2)21-25(3,22)23;/h4-12,15-16,20-21H,13-14H2,1-3H3;1H/t15?,16-;/m1./s1. The normalized spacial score (nSPS) is 13.5. The number of benzene rings is 2. The van der Waals surface area contributed by atoms with E-state index in [9.17, 15) is 8.42 Å². The first-order valence-corrected chi connectivity index (χ1v) is 10.2. The molecule has 7 heteroatoms. The van der Waals surface area contributed by atoms with E-state index in [0.29, 0.717) is 6.61 Å². The topological polar surface area (TPSA) is 67.4 Å². The molecule has 2 aromatic carbocycles. The van der Waals surface area contributed by atoms with E-state index < -0.39 is 10.0 Å². The van der Waals surface area contributed by atoms with Crippen LogP contribution in [0.4, 0.5) is 0 Å². The number of rotatable bonds is 9. The molecular weight excluding hydrogens is 372 g/mol. The molecular formula is C19H27ClN2O3S. The van der Waals surface area contributed by atoms with Crippen LogP contribution in [0.1, 0.15) is 31.0 Å². The summed E-state index contributed by atoms with van der Waals surface area (Å²) in [5, 5.41) is 3.42. The second-order valence-electron chi connectivity index (χ2n) is 6.26. The molecule has 2 N–H and O–H groups in total. The Hall–Kier alpha value is -1.60. The van der Waals surface area contributed by atoms with Gasteiger partial charge in [-0.2, -0.15) is 0 Å². The van der Waals surface area contributed by atoms with Gasteiger partial charge in [-0.1, -0.05) is 42.5 Å². The molecule has 144 valence electrons. The van der Waals surface area contributed by atoms with Gasteiger partial charge in [0.15, 0.2) is 0 Å². The Kier molecular flexibility index (Phi) is 9.08. The molecule has 0 radical (unpaired) electrons. The van der Waals surface area contributed by atoms with Crippen LogP contribution in [0.5, 0.6) is 5.75 Å². The summed E-state index contributed by atoms with van der Waals surface area (Å²) in [6, 6.07) is 17.6. The zero-order valence-corrected chi connectivity index (χ0v) is 16.9. The van der Waals surface area contributed by atoms with E-state index in [-0.39, 0.29) is 24.5 Å². The summed E-state index contributed by atoms with van der Waals surface area (Å²) in [5.74, 6) is 0.868. The molecule has 2 rings (SSSR count). The molecule has 0 fully saturated rings. The monoisotopic (exact) mass is 398 g/mol. The Bertz CT molecular complexity index is 752. The minimum Gasteiger partial charge on any atom is -0.492 e. The van der Waals surface area contributed by atoms with Crippen molar-refractivity contribution in [2.24, 2.45) is 0 Å². The predicted octanol–water partition coefficient (Wildman–Crippen LogP) is 3.28.